The van der Waals surface area contributed by atoms with Crippen LogP contribution in [0.2, 0.25) is 0 Å². The predicted molar refractivity (Wildman–Crippen MR) is 92.6 cm³/mol. The Labute approximate surface area is 141 Å². The third-order valence-corrected chi connectivity index (χ3v) is 6.08. The van der Waals surface area contributed by atoms with Gasteiger partial charge in [0, 0.05) is 17.5 Å². The maximum atomic E-state index is 12.4. The quantitative estimate of drug-likeness (QED) is 0.861. The second kappa shape index (κ2) is 6.91. The van der Waals surface area contributed by atoms with Gasteiger partial charge in [0.1, 0.15) is 0 Å². The average molecular weight is 346 g/mol. The zero-order valence-electron chi connectivity index (χ0n) is 13.3. The van der Waals surface area contributed by atoms with E-state index in [1.165, 1.54) is 0 Å². The molecule has 2 atom stereocenters. The SMILES string of the molecule is O=C(C[C@H]1CCCC[C@@H]1S(=O)(=O)[O-])Nc1cccc2ccccc12. The van der Waals surface area contributed by atoms with E-state index in [1.54, 1.807) is 0 Å². The van der Waals surface area contributed by atoms with Gasteiger partial charge in [-0.25, -0.2) is 8.42 Å². The summed E-state index contributed by atoms with van der Waals surface area (Å²) in [7, 11) is -4.36. The van der Waals surface area contributed by atoms with Gasteiger partial charge in [0.25, 0.3) is 0 Å². The Bertz CT molecular complexity index is 842. The van der Waals surface area contributed by atoms with Gasteiger partial charge < -0.3 is 9.87 Å². The van der Waals surface area contributed by atoms with Gasteiger partial charge in [-0.1, -0.05) is 49.2 Å². The molecule has 2 aromatic rings. The minimum Gasteiger partial charge on any atom is -0.748 e. The van der Waals surface area contributed by atoms with Crippen molar-refractivity contribution in [2.24, 2.45) is 5.92 Å². The first kappa shape index (κ1) is 16.9. The van der Waals surface area contributed by atoms with Crippen molar-refractivity contribution in [1.82, 2.24) is 0 Å². The topological polar surface area (TPSA) is 86.3 Å². The molecule has 24 heavy (non-hydrogen) atoms. The molecule has 1 amide bonds. The summed E-state index contributed by atoms with van der Waals surface area (Å²) in [5.41, 5.74) is 0.704. The van der Waals surface area contributed by atoms with Crippen LogP contribution < -0.4 is 5.32 Å². The molecule has 0 unspecified atom stereocenters. The van der Waals surface area contributed by atoms with Crippen molar-refractivity contribution >= 4 is 32.5 Å². The number of benzene rings is 2. The molecule has 0 bridgehead atoms. The highest BCUT2D eigenvalue weighted by Crippen LogP contribution is 2.32. The van der Waals surface area contributed by atoms with Gasteiger partial charge in [-0.05, 0) is 30.2 Å². The monoisotopic (exact) mass is 346 g/mol. The van der Waals surface area contributed by atoms with Crippen LogP contribution in [0.1, 0.15) is 32.1 Å². The number of fused-ring (bicyclic) bond motifs is 1. The second-order valence-electron chi connectivity index (χ2n) is 6.35. The summed E-state index contributed by atoms with van der Waals surface area (Å²) in [5.74, 6) is -0.636. The first-order chi connectivity index (χ1) is 11.4. The van der Waals surface area contributed by atoms with E-state index in [4.69, 9.17) is 0 Å². The molecular formula is C18H20NO4S-. The van der Waals surface area contributed by atoms with Crippen LogP contribution in [-0.2, 0) is 14.9 Å². The molecule has 128 valence electrons. The Kier molecular flexibility index (Phi) is 4.87. The summed E-state index contributed by atoms with van der Waals surface area (Å²) >= 11 is 0. The van der Waals surface area contributed by atoms with E-state index in [2.05, 4.69) is 5.32 Å². The van der Waals surface area contributed by atoms with Crippen LogP contribution in [0.3, 0.4) is 0 Å². The fourth-order valence-corrected chi connectivity index (χ4v) is 4.72. The van der Waals surface area contributed by atoms with Gasteiger partial charge >= 0.3 is 0 Å². The Morgan fingerprint density at radius 2 is 1.79 bits per heavy atom. The van der Waals surface area contributed by atoms with E-state index >= 15 is 0 Å². The number of hydrogen-bond acceptors (Lipinski definition) is 4. The molecule has 3 rings (SSSR count). The number of carbonyl (C=O) groups excluding carboxylic acids is 1. The van der Waals surface area contributed by atoms with Crippen LogP contribution in [0.15, 0.2) is 42.5 Å². The fourth-order valence-electron chi connectivity index (χ4n) is 3.56. The van der Waals surface area contributed by atoms with Crippen molar-refractivity contribution in [1.29, 1.82) is 0 Å². The van der Waals surface area contributed by atoms with Gasteiger partial charge in [0.2, 0.25) is 5.91 Å². The third-order valence-electron chi connectivity index (χ3n) is 4.72. The molecule has 0 radical (unpaired) electrons. The fraction of sp³-hybridized carbons (Fsp3) is 0.389. The standard InChI is InChI=1S/C18H21NO4S/c20-18(12-14-7-2-4-11-17(14)24(21,22)23)19-16-10-5-8-13-6-1-3-9-15(13)16/h1,3,5-6,8-10,14,17H,2,4,7,11-12H2,(H,19,20)(H,21,22,23)/p-1/t14-,17+/m1/s1. The first-order valence-corrected chi connectivity index (χ1v) is 9.64. The summed E-state index contributed by atoms with van der Waals surface area (Å²) in [4.78, 5) is 12.4. The Morgan fingerprint density at radius 1 is 1.08 bits per heavy atom. The summed E-state index contributed by atoms with van der Waals surface area (Å²) in [6, 6.07) is 13.4. The minimum absolute atomic E-state index is 0.0648. The number of rotatable bonds is 4. The van der Waals surface area contributed by atoms with E-state index in [0.717, 1.165) is 23.6 Å². The highest BCUT2D eigenvalue weighted by molar-refractivity contribution is 7.86. The van der Waals surface area contributed by atoms with E-state index in [-0.39, 0.29) is 12.3 Å². The van der Waals surface area contributed by atoms with Gasteiger partial charge in [-0.2, -0.15) is 0 Å². The van der Waals surface area contributed by atoms with Crippen LogP contribution >= 0.6 is 0 Å². The van der Waals surface area contributed by atoms with E-state index in [0.29, 0.717) is 18.5 Å². The van der Waals surface area contributed by atoms with Crippen molar-refractivity contribution in [2.45, 2.75) is 37.4 Å². The van der Waals surface area contributed by atoms with Gasteiger partial charge in [-0.3, -0.25) is 4.79 Å². The molecule has 5 nitrogen and oxygen atoms in total. The number of hydrogen-bond donors (Lipinski definition) is 1. The molecule has 0 aromatic heterocycles. The van der Waals surface area contributed by atoms with Crippen molar-refractivity contribution in [3.05, 3.63) is 42.5 Å². The molecule has 0 heterocycles. The molecule has 1 aliphatic carbocycles. The Hall–Kier alpha value is -1.92. The molecular weight excluding hydrogens is 326 g/mol. The van der Waals surface area contributed by atoms with Crippen LogP contribution in [0.4, 0.5) is 5.69 Å². The van der Waals surface area contributed by atoms with Crippen LogP contribution in [-0.4, -0.2) is 24.1 Å². The normalized spacial score (nSPS) is 21.5. The molecule has 0 saturated heterocycles. The maximum absolute atomic E-state index is 12.4. The van der Waals surface area contributed by atoms with Gasteiger partial charge in [-0.15, -0.1) is 0 Å². The van der Waals surface area contributed by atoms with Gasteiger partial charge in [0.05, 0.1) is 15.4 Å². The minimum atomic E-state index is -4.36. The van der Waals surface area contributed by atoms with E-state index in [1.807, 2.05) is 42.5 Å². The summed E-state index contributed by atoms with van der Waals surface area (Å²) in [6.45, 7) is 0. The lowest BCUT2D eigenvalue weighted by Gasteiger charge is -2.32. The van der Waals surface area contributed by atoms with E-state index < -0.39 is 21.3 Å². The molecule has 6 heteroatoms. The number of carbonyl (C=O) groups is 1. The van der Waals surface area contributed by atoms with Gasteiger partial charge in [0.15, 0.2) is 0 Å². The largest absolute Gasteiger partial charge is 0.748 e. The lowest BCUT2D eigenvalue weighted by molar-refractivity contribution is -0.117. The number of amides is 1. The zero-order chi connectivity index (χ0) is 17.2. The molecule has 1 fully saturated rings. The molecule has 1 saturated carbocycles. The van der Waals surface area contributed by atoms with Crippen molar-refractivity contribution in [3.8, 4) is 0 Å². The van der Waals surface area contributed by atoms with Crippen LogP contribution in [0.5, 0.6) is 0 Å². The molecule has 1 aliphatic rings. The Balaban J connectivity index is 1.75. The lowest BCUT2D eigenvalue weighted by atomic mass is 9.86. The third kappa shape index (κ3) is 3.76. The smallest absolute Gasteiger partial charge is 0.224 e. The van der Waals surface area contributed by atoms with Crippen molar-refractivity contribution in [3.63, 3.8) is 0 Å². The number of nitrogens with one attached hydrogen (secondary N) is 1. The zero-order valence-corrected chi connectivity index (χ0v) is 14.1. The van der Waals surface area contributed by atoms with Crippen molar-refractivity contribution < 1.29 is 17.8 Å². The molecule has 2 aromatic carbocycles. The lowest BCUT2D eigenvalue weighted by Crippen LogP contribution is -2.35. The van der Waals surface area contributed by atoms with E-state index in [9.17, 15) is 17.8 Å². The highest BCUT2D eigenvalue weighted by atomic mass is 32.2. The van der Waals surface area contributed by atoms with Crippen LogP contribution in [0.25, 0.3) is 10.8 Å². The molecule has 1 N–H and O–H groups in total. The predicted octanol–water partition coefficient (Wildman–Crippen LogP) is 3.27. The average Bonchev–Trinajstić information content (AvgIpc) is 2.54. The Morgan fingerprint density at radius 3 is 2.58 bits per heavy atom. The highest BCUT2D eigenvalue weighted by Gasteiger charge is 2.31. The maximum Gasteiger partial charge on any atom is 0.224 e. The first-order valence-electron chi connectivity index (χ1n) is 8.17. The second-order valence-corrected chi connectivity index (χ2v) is 7.95. The summed E-state index contributed by atoms with van der Waals surface area (Å²) in [5, 5.41) is 3.88. The summed E-state index contributed by atoms with van der Waals surface area (Å²) < 4.78 is 34.3. The number of anilines is 1. The van der Waals surface area contributed by atoms with Crippen LogP contribution in [0, 0.1) is 5.92 Å². The molecule has 0 aliphatic heterocycles. The summed E-state index contributed by atoms with van der Waals surface area (Å²) in [6.07, 6.45) is 2.62. The molecule has 0 spiro atoms. The van der Waals surface area contributed by atoms with Crippen molar-refractivity contribution in [2.75, 3.05) is 5.32 Å².